The van der Waals surface area contributed by atoms with E-state index in [9.17, 15) is 0 Å². The van der Waals surface area contributed by atoms with Gasteiger partial charge in [-0.2, -0.15) is 0 Å². The van der Waals surface area contributed by atoms with Gasteiger partial charge in [-0.15, -0.1) is 22.7 Å². The fourth-order valence-electron chi connectivity index (χ4n) is 3.32. The maximum atomic E-state index is 4.52. The Labute approximate surface area is 164 Å². The van der Waals surface area contributed by atoms with Crippen molar-refractivity contribution in [1.82, 2.24) is 20.5 Å². The molecular formula is C19H29N5S2. The van der Waals surface area contributed by atoms with E-state index in [1.54, 1.807) is 11.3 Å². The first-order chi connectivity index (χ1) is 12.8. The van der Waals surface area contributed by atoms with Gasteiger partial charge in [-0.3, -0.25) is 9.89 Å². The largest absolute Gasteiger partial charge is 0.356 e. The zero-order chi connectivity index (χ0) is 18.2. The van der Waals surface area contributed by atoms with Crippen LogP contribution in [0, 0.1) is 6.92 Å². The lowest BCUT2D eigenvalue weighted by atomic mass is 10.2. The molecular weight excluding hydrogens is 362 g/mol. The van der Waals surface area contributed by atoms with E-state index in [1.165, 1.54) is 35.8 Å². The summed E-state index contributed by atoms with van der Waals surface area (Å²) in [4.78, 5) is 12.9. The molecule has 5 nitrogen and oxygen atoms in total. The molecule has 0 aromatic carbocycles. The van der Waals surface area contributed by atoms with E-state index in [1.807, 2.05) is 25.3 Å². The summed E-state index contributed by atoms with van der Waals surface area (Å²) in [5, 5.41) is 12.5. The number of aromatic nitrogens is 1. The number of rotatable bonds is 8. The first-order valence-electron chi connectivity index (χ1n) is 9.39. The molecule has 2 N–H and O–H groups in total. The second kappa shape index (κ2) is 10.0. The molecule has 0 aliphatic carbocycles. The summed E-state index contributed by atoms with van der Waals surface area (Å²) in [6.07, 6.45) is 4.71. The molecule has 1 saturated heterocycles. The maximum absolute atomic E-state index is 4.52. The third kappa shape index (κ3) is 5.53. The Hall–Kier alpha value is -1.44. The van der Waals surface area contributed by atoms with E-state index in [2.05, 4.69) is 48.4 Å². The molecule has 1 aliphatic rings. The van der Waals surface area contributed by atoms with E-state index in [0.717, 1.165) is 37.6 Å². The monoisotopic (exact) mass is 391 g/mol. The first-order valence-corrected chi connectivity index (χ1v) is 11.1. The minimum absolute atomic E-state index is 0.439. The number of thiazole rings is 1. The van der Waals surface area contributed by atoms with E-state index < -0.39 is 0 Å². The normalized spacial score (nSPS) is 16.8. The number of aliphatic imine (C=N–C) groups is 1. The van der Waals surface area contributed by atoms with Crippen LogP contribution in [0.4, 0.5) is 0 Å². The quantitative estimate of drug-likeness (QED) is 0.411. The minimum atomic E-state index is 0.439. The van der Waals surface area contributed by atoms with Crippen molar-refractivity contribution in [3.05, 3.63) is 38.5 Å². The standard InChI is InChI=1S/C19H29N5S2/c1-15-14-26-18(23-15)8-5-9-21-19(20-2)22-13-16(17-7-6-12-25-17)24-10-3-4-11-24/h6-7,12,14,16H,3-5,8-11,13H2,1-2H3,(H2,20,21,22). The van der Waals surface area contributed by atoms with Crippen molar-refractivity contribution >= 4 is 28.6 Å². The Kier molecular flexibility index (Phi) is 7.46. The van der Waals surface area contributed by atoms with Gasteiger partial charge in [0.25, 0.3) is 0 Å². The fraction of sp³-hybridized carbons (Fsp3) is 0.579. The smallest absolute Gasteiger partial charge is 0.191 e. The van der Waals surface area contributed by atoms with Crippen LogP contribution >= 0.6 is 22.7 Å². The van der Waals surface area contributed by atoms with Gasteiger partial charge in [-0.25, -0.2) is 4.98 Å². The average molecular weight is 392 g/mol. The topological polar surface area (TPSA) is 52.6 Å². The van der Waals surface area contributed by atoms with Crippen LogP contribution in [0.3, 0.4) is 0 Å². The van der Waals surface area contributed by atoms with Crippen LogP contribution in [0.1, 0.15) is 40.9 Å². The highest BCUT2D eigenvalue weighted by atomic mass is 32.1. The number of guanidine groups is 1. The van der Waals surface area contributed by atoms with E-state index in [0.29, 0.717) is 6.04 Å². The van der Waals surface area contributed by atoms with Gasteiger partial charge in [0.15, 0.2) is 5.96 Å². The Balaban J connectivity index is 1.44. The second-order valence-electron chi connectivity index (χ2n) is 6.64. The van der Waals surface area contributed by atoms with Crippen molar-refractivity contribution in [1.29, 1.82) is 0 Å². The first kappa shape index (κ1) is 19.3. The summed E-state index contributed by atoms with van der Waals surface area (Å²) >= 11 is 3.60. The summed E-state index contributed by atoms with van der Waals surface area (Å²) in [5.41, 5.74) is 1.12. The molecule has 142 valence electrons. The van der Waals surface area contributed by atoms with Gasteiger partial charge in [-0.1, -0.05) is 6.07 Å². The summed E-state index contributed by atoms with van der Waals surface area (Å²) in [6, 6.07) is 4.84. The van der Waals surface area contributed by atoms with Gasteiger partial charge in [0.2, 0.25) is 0 Å². The fourth-order valence-corrected chi connectivity index (χ4v) is 5.00. The van der Waals surface area contributed by atoms with Gasteiger partial charge < -0.3 is 10.6 Å². The molecule has 0 bridgehead atoms. The van der Waals surface area contributed by atoms with Crippen molar-refractivity contribution < 1.29 is 0 Å². The Bertz CT molecular complexity index is 674. The highest BCUT2D eigenvalue weighted by molar-refractivity contribution is 7.10. The Morgan fingerprint density at radius 2 is 2.15 bits per heavy atom. The molecule has 0 amide bonds. The molecule has 2 aromatic rings. The number of likely N-dealkylation sites (tertiary alicyclic amines) is 1. The Morgan fingerprint density at radius 3 is 2.81 bits per heavy atom. The van der Waals surface area contributed by atoms with Crippen molar-refractivity contribution in [2.24, 2.45) is 4.99 Å². The zero-order valence-corrected chi connectivity index (χ0v) is 17.3. The zero-order valence-electron chi connectivity index (χ0n) is 15.7. The lowest BCUT2D eigenvalue weighted by Crippen LogP contribution is -2.42. The third-order valence-corrected chi connectivity index (χ3v) is 6.67. The van der Waals surface area contributed by atoms with Crippen LogP contribution in [0.15, 0.2) is 27.9 Å². The van der Waals surface area contributed by atoms with Crippen molar-refractivity contribution in [3.8, 4) is 0 Å². The minimum Gasteiger partial charge on any atom is -0.356 e. The molecule has 1 atom stereocenters. The van der Waals surface area contributed by atoms with Gasteiger partial charge in [0.05, 0.1) is 11.0 Å². The predicted molar refractivity (Wildman–Crippen MR) is 112 cm³/mol. The SMILES string of the molecule is CN=C(NCCCc1nc(C)cs1)NCC(c1cccs1)N1CCCC1. The molecule has 2 aromatic heterocycles. The van der Waals surface area contributed by atoms with Crippen molar-refractivity contribution in [3.63, 3.8) is 0 Å². The summed E-state index contributed by atoms with van der Waals surface area (Å²) in [6.45, 7) is 6.25. The summed E-state index contributed by atoms with van der Waals surface area (Å²) in [7, 11) is 1.84. The van der Waals surface area contributed by atoms with Crippen LogP contribution < -0.4 is 10.6 Å². The highest BCUT2D eigenvalue weighted by Crippen LogP contribution is 2.27. The van der Waals surface area contributed by atoms with Crippen LogP contribution in [-0.2, 0) is 6.42 Å². The third-order valence-electron chi connectivity index (χ3n) is 4.67. The van der Waals surface area contributed by atoms with E-state index in [4.69, 9.17) is 0 Å². The highest BCUT2D eigenvalue weighted by Gasteiger charge is 2.24. The number of hydrogen-bond acceptors (Lipinski definition) is 5. The summed E-state index contributed by atoms with van der Waals surface area (Å²) in [5.74, 6) is 0.890. The van der Waals surface area contributed by atoms with Crippen LogP contribution in [0.25, 0.3) is 0 Å². The molecule has 0 radical (unpaired) electrons. The van der Waals surface area contributed by atoms with Gasteiger partial charge in [-0.05, 0) is 50.7 Å². The molecule has 1 unspecified atom stereocenters. The predicted octanol–water partition coefficient (Wildman–Crippen LogP) is 3.45. The van der Waals surface area contributed by atoms with Gasteiger partial charge >= 0.3 is 0 Å². The lowest BCUT2D eigenvalue weighted by molar-refractivity contribution is 0.249. The number of nitrogens with zero attached hydrogens (tertiary/aromatic N) is 3. The molecule has 0 saturated carbocycles. The number of nitrogens with one attached hydrogen (secondary N) is 2. The molecule has 3 heterocycles. The number of hydrogen-bond donors (Lipinski definition) is 2. The van der Waals surface area contributed by atoms with Gasteiger partial charge in [0.1, 0.15) is 0 Å². The Morgan fingerprint density at radius 1 is 1.31 bits per heavy atom. The number of thiophene rings is 1. The molecule has 7 heteroatoms. The molecule has 1 aliphatic heterocycles. The van der Waals surface area contributed by atoms with E-state index >= 15 is 0 Å². The van der Waals surface area contributed by atoms with Crippen molar-refractivity contribution in [2.75, 3.05) is 33.2 Å². The number of aryl methyl sites for hydroxylation is 2. The second-order valence-corrected chi connectivity index (χ2v) is 8.56. The molecule has 1 fully saturated rings. The molecule has 3 rings (SSSR count). The van der Waals surface area contributed by atoms with E-state index in [-0.39, 0.29) is 0 Å². The van der Waals surface area contributed by atoms with Crippen LogP contribution in [0.5, 0.6) is 0 Å². The van der Waals surface area contributed by atoms with Crippen LogP contribution in [-0.4, -0.2) is 49.1 Å². The van der Waals surface area contributed by atoms with Crippen molar-refractivity contribution in [2.45, 2.75) is 38.6 Å². The lowest BCUT2D eigenvalue weighted by Gasteiger charge is -2.27. The summed E-state index contributed by atoms with van der Waals surface area (Å²) < 4.78 is 0. The molecule has 26 heavy (non-hydrogen) atoms. The van der Waals surface area contributed by atoms with Crippen LogP contribution in [0.2, 0.25) is 0 Å². The van der Waals surface area contributed by atoms with Gasteiger partial charge in [0, 0.05) is 42.5 Å². The maximum Gasteiger partial charge on any atom is 0.191 e. The average Bonchev–Trinajstić information content (AvgIpc) is 3.40. The molecule has 0 spiro atoms.